The lowest BCUT2D eigenvalue weighted by Crippen LogP contribution is -2.52. The molecule has 1 aromatic carbocycles. The Morgan fingerprint density at radius 3 is 2.54 bits per heavy atom. The molecule has 4 aliphatic rings. The fourth-order valence-corrected chi connectivity index (χ4v) is 5.06. The van der Waals surface area contributed by atoms with Crippen LogP contribution in [0.4, 0.5) is 5.69 Å². The lowest BCUT2D eigenvalue weighted by Gasteiger charge is -2.45. The van der Waals surface area contributed by atoms with Gasteiger partial charge in [-0.05, 0) is 37.7 Å². The van der Waals surface area contributed by atoms with Crippen molar-refractivity contribution < 1.29 is 19.1 Å². The predicted molar refractivity (Wildman–Crippen MR) is 95.8 cm³/mol. The summed E-state index contributed by atoms with van der Waals surface area (Å²) < 4.78 is 11.2. The number of ketones is 1. The van der Waals surface area contributed by atoms with E-state index in [0.29, 0.717) is 48.7 Å². The lowest BCUT2D eigenvalue weighted by molar-refractivity contribution is -0.115. The molecule has 26 heavy (non-hydrogen) atoms. The highest BCUT2D eigenvalue weighted by Crippen LogP contribution is 2.41. The van der Waals surface area contributed by atoms with Crippen molar-refractivity contribution in [1.29, 1.82) is 0 Å². The summed E-state index contributed by atoms with van der Waals surface area (Å²) in [5, 5.41) is 0. The third-order valence-corrected chi connectivity index (χ3v) is 6.32. The molecule has 0 bridgehead atoms. The number of hydrogen-bond acceptors (Lipinski definition) is 5. The second-order valence-electron chi connectivity index (χ2n) is 7.78. The maximum absolute atomic E-state index is 12.7. The van der Waals surface area contributed by atoms with Crippen molar-refractivity contribution in [2.24, 2.45) is 5.92 Å². The number of benzene rings is 1. The number of Topliss-reactive ketones (excluding diaryl/α,β-unsaturated/α-hetero) is 1. The van der Waals surface area contributed by atoms with Crippen molar-refractivity contribution in [2.75, 3.05) is 31.3 Å². The number of carbonyl (C=O) groups excluding carboxylic acids is 2. The van der Waals surface area contributed by atoms with Gasteiger partial charge in [-0.25, -0.2) is 0 Å². The molecule has 0 spiro atoms. The average Bonchev–Trinajstić information content (AvgIpc) is 2.91. The van der Waals surface area contributed by atoms with Crippen molar-refractivity contribution in [3.63, 3.8) is 0 Å². The van der Waals surface area contributed by atoms with Crippen molar-refractivity contribution in [2.45, 2.75) is 44.6 Å². The van der Waals surface area contributed by atoms with E-state index in [1.165, 1.54) is 38.5 Å². The van der Waals surface area contributed by atoms with Crippen molar-refractivity contribution in [3.05, 3.63) is 17.7 Å². The lowest BCUT2D eigenvalue weighted by atomic mass is 9.78. The van der Waals surface area contributed by atoms with Crippen LogP contribution >= 0.6 is 0 Å². The fraction of sp³-hybridized carbons (Fsp3) is 0.600. The Hall–Kier alpha value is -2.08. The Labute approximate surface area is 153 Å². The topological polar surface area (TPSA) is 59.1 Å². The zero-order chi connectivity index (χ0) is 17.7. The Kier molecular flexibility index (Phi) is 3.89. The Morgan fingerprint density at radius 2 is 1.69 bits per heavy atom. The molecule has 1 amide bonds. The van der Waals surface area contributed by atoms with E-state index in [1.54, 1.807) is 17.0 Å². The van der Waals surface area contributed by atoms with Gasteiger partial charge >= 0.3 is 5.91 Å². The van der Waals surface area contributed by atoms with Crippen LogP contribution in [0, 0.1) is 5.92 Å². The van der Waals surface area contributed by atoms with Gasteiger partial charge in [0, 0.05) is 18.7 Å². The Balaban J connectivity index is 1.45. The summed E-state index contributed by atoms with van der Waals surface area (Å²) in [6.45, 7) is 2.45. The fourth-order valence-electron chi connectivity index (χ4n) is 5.06. The van der Waals surface area contributed by atoms with Crippen LogP contribution in [0.15, 0.2) is 12.1 Å². The Morgan fingerprint density at radius 1 is 0.962 bits per heavy atom. The van der Waals surface area contributed by atoms with E-state index in [2.05, 4.69) is 4.90 Å². The quantitative estimate of drug-likeness (QED) is 0.763. The van der Waals surface area contributed by atoms with Crippen LogP contribution in [0.25, 0.3) is 0 Å². The number of anilines is 1. The zero-order valence-corrected chi connectivity index (χ0v) is 14.9. The first-order chi connectivity index (χ1) is 12.7. The molecule has 138 valence electrons. The molecule has 5 rings (SSSR count). The SMILES string of the molecule is O=C1C(=O)N(CN2CCC[C@@H]3CCCC[C@@H]32)c2cc3c(cc21)OCCO3. The molecule has 0 radical (unpaired) electrons. The number of amides is 1. The van der Waals surface area contributed by atoms with Gasteiger partial charge in [-0.1, -0.05) is 12.8 Å². The molecule has 3 aliphatic heterocycles. The number of rotatable bonds is 2. The number of hydrogen-bond donors (Lipinski definition) is 0. The Bertz CT molecular complexity index is 760. The van der Waals surface area contributed by atoms with Gasteiger partial charge in [-0.2, -0.15) is 0 Å². The minimum atomic E-state index is -0.436. The van der Waals surface area contributed by atoms with Gasteiger partial charge in [0.15, 0.2) is 11.5 Å². The van der Waals surface area contributed by atoms with Crippen LogP contribution in [0.3, 0.4) is 0 Å². The van der Waals surface area contributed by atoms with E-state index < -0.39 is 11.7 Å². The van der Waals surface area contributed by atoms with Gasteiger partial charge in [0.2, 0.25) is 0 Å². The highest BCUT2D eigenvalue weighted by atomic mass is 16.6. The zero-order valence-electron chi connectivity index (χ0n) is 14.9. The molecule has 1 aliphatic carbocycles. The van der Waals surface area contributed by atoms with Crippen LogP contribution in [0.5, 0.6) is 11.5 Å². The summed E-state index contributed by atoms with van der Waals surface area (Å²) >= 11 is 0. The van der Waals surface area contributed by atoms with Crippen molar-refractivity contribution >= 4 is 17.4 Å². The monoisotopic (exact) mass is 356 g/mol. The summed E-state index contributed by atoms with van der Waals surface area (Å²) in [5.41, 5.74) is 1.11. The molecular weight excluding hydrogens is 332 g/mol. The number of carbonyl (C=O) groups is 2. The summed E-state index contributed by atoms with van der Waals surface area (Å²) in [6, 6.07) is 4.01. The number of likely N-dealkylation sites (tertiary alicyclic amines) is 1. The van der Waals surface area contributed by atoms with E-state index in [4.69, 9.17) is 9.47 Å². The standard InChI is InChI=1S/C20H24N2O4/c23-19-14-10-17-18(26-9-8-25-17)11-16(14)22(20(19)24)12-21-7-3-5-13-4-1-2-6-15(13)21/h10-11,13,15H,1-9,12H2/t13-,15-/m0/s1. The summed E-state index contributed by atoms with van der Waals surface area (Å²) in [6.07, 6.45) is 7.55. The summed E-state index contributed by atoms with van der Waals surface area (Å²) in [4.78, 5) is 29.3. The van der Waals surface area contributed by atoms with E-state index >= 15 is 0 Å². The second kappa shape index (κ2) is 6.27. The van der Waals surface area contributed by atoms with E-state index in [1.807, 2.05) is 0 Å². The molecule has 1 aromatic rings. The molecule has 2 atom stereocenters. The first kappa shape index (κ1) is 16.1. The molecular formula is C20H24N2O4. The number of ether oxygens (including phenoxy) is 2. The first-order valence-corrected chi connectivity index (χ1v) is 9.76. The van der Waals surface area contributed by atoms with Gasteiger partial charge < -0.3 is 9.47 Å². The summed E-state index contributed by atoms with van der Waals surface area (Å²) in [7, 11) is 0. The van der Waals surface area contributed by atoms with Crippen LogP contribution in [-0.2, 0) is 4.79 Å². The minimum Gasteiger partial charge on any atom is -0.486 e. The largest absolute Gasteiger partial charge is 0.486 e. The van der Waals surface area contributed by atoms with Gasteiger partial charge in [0.1, 0.15) is 13.2 Å². The third-order valence-electron chi connectivity index (χ3n) is 6.32. The molecule has 0 unspecified atom stereocenters. The van der Waals surface area contributed by atoms with E-state index in [9.17, 15) is 9.59 Å². The smallest absolute Gasteiger partial charge is 0.300 e. The molecule has 0 aromatic heterocycles. The van der Waals surface area contributed by atoms with Crippen LogP contribution < -0.4 is 14.4 Å². The molecule has 1 saturated heterocycles. The van der Waals surface area contributed by atoms with Crippen LogP contribution in [0.1, 0.15) is 48.9 Å². The molecule has 1 saturated carbocycles. The first-order valence-electron chi connectivity index (χ1n) is 9.76. The molecule has 3 heterocycles. The second-order valence-corrected chi connectivity index (χ2v) is 7.78. The van der Waals surface area contributed by atoms with Crippen LogP contribution in [-0.4, -0.2) is 49.1 Å². The maximum Gasteiger partial charge on any atom is 0.300 e. The van der Waals surface area contributed by atoms with E-state index in [-0.39, 0.29) is 0 Å². The normalized spacial score (nSPS) is 28.1. The van der Waals surface area contributed by atoms with Gasteiger partial charge in [0.25, 0.3) is 5.78 Å². The number of nitrogens with zero attached hydrogens (tertiary/aromatic N) is 2. The highest BCUT2D eigenvalue weighted by molar-refractivity contribution is 6.52. The molecule has 6 heteroatoms. The van der Waals surface area contributed by atoms with Crippen molar-refractivity contribution in [1.82, 2.24) is 4.90 Å². The highest BCUT2D eigenvalue weighted by Gasteiger charge is 2.41. The number of piperidine rings is 1. The van der Waals surface area contributed by atoms with Gasteiger partial charge in [0.05, 0.1) is 17.9 Å². The number of fused-ring (bicyclic) bond motifs is 3. The molecule has 0 N–H and O–H groups in total. The predicted octanol–water partition coefficient (Wildman–Crippen LogP) is 2.60. The molecule has 2 fully saturated rings. The third kappa shape index (κ3) is 2.50. The van der Waals surface area contributed by atoms with E-state index in [0.717, 1.165) is 12.5 Å². The van der Waals surface area contributed by atoms with Crippen molar-refractivity contribution in [3.8, 4) is 11.5 Å². The molecule has 6 nitrogen and oxygen atoms in total. The minimum absolute atomic E-state index is 0.430. The van der Waals surface area contributed by atoms with Gasteiger partial charge in [-0.15, -0.1) is 0 Å². The van der Waals surface area contributed by atoms with Crippen LogP contribution in [0.2, 0.25) is 0 Å². The van der Waals surface area contributed by atoms with Gasteiger partial charge in [-0.3, -0.25) is 19.4 Å². The average molecular weight is 356 g/mol. The maximum atomic E-state index is 12.7. The summed E-state index contributed by atoms with van der Waals surface area (Å²) in [5.74, 6) is 1.06.